The molecule has 25 heavy (non-hydrogen) atoms. The summed E-state index contributed by atoms with van der Waals surface area (Å²) in [7, 11) is 0. The lowest BCUT2D eigenvalue weighted by Gasteiger charge is -2.24. The molecule has 0 aromatic heterocycles. The van der Waals surface area contributed by atoms with Gasteiger partial charge in [0.1, 0.15) is 5.75 Å². The molecule has 5 heteroatoms. The van der Waals surface area contributed by atoms with Crippen molar-refractivity contribution in [1.29, 1.82) is 0 Å². The molecule has 0 aliphatic rings. The van der Waals surface area contributed by atoms with E-state index < -0.39 is 0 Å². The summed E-state index contributed by atoms with van der Waals surface area (Å²) in [6.07, 6.45) is 0. The second kappa shape index (κ2) is 8.65. The van der Waals surface area contributed by atoms with Crippen LogP contribution in [0.3, 0.4) is 0 Å². The summed E-state index contributed by atoms with van der Waals surface area (Å²) in [6, 6.07) is 15.2. The Balaban J connectivity index is 1.91. The number of aryl methyl sites for hydroxylation is 1. The van der Waals surface area contributed by atoms with Gasteiger partial charge in [-0.05, 0) is 39.0 Å². The topological polar surface area (TPSA) is 70.6 Å². The van der Waals surface area contributed by atoms with Crippen molar-refractivity contribution < 1.29 is 14.6 Å². The number of nitrogens with one attached hydrogen (secondary N) is 2. The molecule has 2 aromatic rings. The van der Waals surface area contributed by atoms with Crippen molar-refractivity contribution in [2.45, 2.75) is 32.9 Å². The smallest absolute Gasteiger partial charge is 0.262 e. The van der Waals surface area contributed by atoms with Gasteiger partial charge >= 0.3 is 0 Å². The zero-order chi connectivity index (χ0) is 18.3. The fraction of sp³-hybridized carbons (Fsp3) is 0.350. The number of hydrogen-bond acceptors (Lipinski definition) is 4. The van der Waals surface area contributed by atoms with E-state index in [0.29, 0.717) is 12.3 Å². The normalized spacial score (nSPS) is 11.2. The van der Waals surface area contributed by atoms with Crippen LogP contribution in [0.15, 0.2) is 48.5 Å². The molecule has 3 N–H and O–H groups in total. The van der Waals surface area contributed by atoms with Gasteiger partial charge in [-0.3, -0.25) is 4.79 Å². The molecule has 134 valence electrons. The van der Waals surface area contributed by atoms with Gasteiger partial charge in [-0.15, -0.1) is 0 Å². The number of carbonyl (C=O) groups is 1. The maximum Gasteiger partial charge on any atom is 0.262 e. The lowest BCUT2D eigenvalue weighted by molar-refractivity contribution is -0.118. The van der Waals surface area contributed by atoms with Crippen molar-refractivity contribution in [2.24, 2.45) is 0 Å². The van der Waals surface area contributed by atoms with Crippen molar-refractivity contribution in [3.63, 3.8) is 0 Å². The third-order valence-electron chi connectivity index (χ3n) is 3.82. The summed E-state index contributed by atoms with van der Waals surface area (Å²) in [6.45, 7) is 6.36. The van der Waals surface area contributed by atoms with Gasteiger partial charge in [0, 0.05) is 23.3 Å². The fourth-order valence-electron chi connectivity index (χ4n) is 2.16. The number of carbonyl (C=O) groups excluding carboxylic acids is 1. The van der Waals surface area contributed by atoms with Crippen LogP contribution in [0.2, 0.25) is 0 Å². The first kappa shape index (κ1) is 19.0. The Hall–Kier alpha value is -2.37. The molecule has 0 spiro atoms. The van der Waals surface area contributed by atoms with E-state index in [4.69, 9.17) is 4.74 Å². The molecule has 0 saturated carbocycles. The van der Waals surface area contributed by atoms with Crippen LogP contribution in [0, 0.1) is 6.92 Å². The predicted molar refractivity (Wildman–Crippen MR) is 99.8 cm³/mol. The molecule has 0 unspecified atom stereocenters. The van der Waals surface area contributed by atoms with E-state index in [1.54, 1.807) is 0 Å². The predicted octanol–water partition coefficient (Wildman–Crippen LogP) is 2.87. The van der Waals surface area contributed by atoms with Gasteiger partial charge in [-0.1, -0.05) is 35.9 Å². The summed E-state index contributed by atoms with van der Waals surface area (Å²) in [4.78, 5) is 12.1. The SMILES string of the molecule is Cc1ccc(NC(=O)COc2ccccc2CNC(C)(C)CO)cc1. The van der Waals surface area contributed by atoms with E-state index in [0.717, 1.165) is 16.8 Å². The molecule has 0 radical (unpaired) electrons. The van der Waals surface area contributed by atoms with E-state index in [9.17, 15) is 9.90 Å². The number of ether oxygens (including phenoxy) is 1. The number of benzene rings is 2. The monoisotopic (exact) mass is 342 g/mol. The molecule has 2 rings (SSSR count). The van der Waals surface area contributed by atoms with Crippen molar-refractivity contribution in [2.75, 3.05) is 18.5 Å². The van der Waals surface area contributed by atoms with Crippen molar-refractivity contribution in [1.82, 2.24) is 5.32 Å². The van der Waals surface area contributed by atoms with Crippen LogP contribution >= 0.6 is 0 Å². The maximum absolute atomic E-state index is 12.1. The first-order chi connectivity index (χ1) is 11.9. The van der Waals surface area contributed by atoms with Crippen LogP contribution in [0.25, 0.3) is 0 Å². The zero-order valence-electron chi connectivity index (χ0n) is 15.0. The summed E-state index contributed by atoms with van der Waals surface area (Å²) in [5, 5.41) is 15.4. The van der Waals surface area contributed by atoms with E-state index in [1.807, 2.05) is 69.3 Å². The highest BCUT2D eigenvalue weighted by Gasteiger charge is 2.16. The Labute approximate surface area is 149 Å². The lowest BCUT2D eigenvalue weighted by atomic mass is 10.1. The average Bonchev–Trinajstić information content (AvgIpc) is 2.61. The number of amides is 1. The molecule has 0 aliphatic carbocycles. The van der Waals surface area contributed by atoms with Crippen LogP contribution in [-0.2, 0) is 11.3 Å². The minimum absolute atomic E-state index is 0.0367. The Bertz CT molecular complexity index is 696. The Kier molecular flexibility index (Phi) is 6.56. The van der Waals surface area contributed by atoms with E-state index >= 15 is 0 Å². The van der Waals surface area contributed by atoms with E-state index in [1.165, 1.54) is 0 Å². The van der Waals surface area contributed by atoms with Crippen LogP contribution in [0.4, 0.5) is 5.69 Å². The number of para-hydroxylation sites is 1. The van der Waals surface area contributed by atoms with Gasteiger partial charge in [0.15, 0.2) is 6.61 Å². The van der Waals surface area contributed by atoms with Gasteiger partial charge < -0.3 is 20.5 Å². The summed E-state index contributed by atoms with van der Waals surface area (Å²) < 4.78 is 5.68. The fourth-order valence-corrected chi connectivity index (χ4v) is 2.16. The molecule has 0 heterocycles. The van der Waals surface area contributed by atoms with Gasteiger partial charge in [0.25, 0.3) is 5.91 Å². The van der Waals surface area contributed by atoms with Crippen LogP contribution in [0.5, 0.6) is 5.75 Å². The summed E-state index contributed by atoms with van der Waals surface area (Å²) >= 11 is 0. The van der Waals surface area contributed by atoms with Crippen LogP contribution in [0.1, 0.15) is 25.0 Å². The van der Waals surface area contributed by atoms with Crippen LogP contribution in [-0.4, -0.2) is 29.8 Å². The highest BCUT2D eigenvalue weighted by Crippen LogP contribution is 2.19. The lowest BCUT2D eigenvalue weighted by Crippen LogP contribution is -2.42. The molecule has 1 amide bonds. The van der Waals surface area contributed by atoms with Crippen molar-refractivity contribution >= 4 is 11.6 Å². The molecule has 0 saturated heterocycles. The second-order valence-electron chi connectivity index (χ2n) is 6.71. The molecular weight excluding hydrogens is 316 g/mol. The second-order valence-corrected chi connectivity index (χ2v) is 6.71. The first-order valence-corrected chi connectivity index (χ1v) is 8.33. The van der Waals surface area contributed by atoms with Gasteiger partial charge in [-0.25, -0.2) is 0 Å². The number of hydrogen-bond donors (Lipinski definition) is 3. The maximum atomic E-state index is 12.1. The summed E-state index contributed by atoms with van der Waals surface area (Å²) in [5.74, 6) is 0.449. The number of anilines is 1. The minimum atomic E-state index is -0.379. The largest absolute Gasteiger partial charge is 0.483 e. The van der Waals surface area contributed by atoms with Crippen LogP contribution < -0.4 is 15.4 Å². The molecule has 0 atom stereocenters. The number of aliphatic hydroxyl groups is 1. The molecule has 0 bridgehead atoms. The Morgan fingerprint density at radius 2 is 1.80 bits per heavy atom. The highest BCUT2D eigenvalue weighted by atomic mass is 16.5. The standard InChI is InChI=1S/C20H26N2O3/c1-15-8-10-17(11-9-15)22-19(24)13-25-18-7-5-4-6-16(18)12-21-20(2,3)14-23/h4-11,21,23H,12-14H2,1-3H3,(H,22,24). The highest BCUT2D eigenvalue weighted by molar-refractivity contribution is 5.91. The van der Waals surface area contributed by atoms with E-state index in [-0.39, 0.29) is 24.7 Å². The third kappa shape index (κ3) is 6.21. The zero-order valence-corrected chi connectivity index (χ0v) is 15.0. The number of aliphatic hydroxyl groups excluding tert-OH is 1. The Morgan fingerprint density at radius 3 is 2.48 bits per heavy atom. The average molecular weight is 342 g/mol. The Morgan fingerprint density at radius 1 is 1.12 bits per heavy atom. The molecule has 0 fully saturated rings. The van der Waals surface area contributed by atoms with Gasteiger partial charge in [-0.2, -0.15) is 0 Å². The minimum Gasteiger partial charge on any atom is -0.483 e. The molecule has 2 aromatic carbocycles. The quantitative estimate of drug-likeness (QED) is 0.690. The molecular formula is C20H26N2O3. The van der Waals surface area contributed by atoms with Gasteiger partial charge in [0.2, 0.25) is 0 Å². The van der Waals surface area contributed by atoms with Crippen molar-refractivity contribution in [3.8, 4) is 5.75 Å². The molecule has 0 aliphatic heterocycles. The third-order valence-corrected chi connectivity index (χ3v) is 3.82. The van der Waals surface area contributed by atoms with Crippen molar-refractivity contribution in [3.05, 3.63) is 59.7 Å². The van der Waals surface area contributed by atoms with Gasteiger partial charge in [0.05, 0.1) is 6.61 Å². The van der Waals surface area contributed by atoms with E-state index in [2.05, 4.69) is 10.6 Å². The number of rotatable bonds is 8. The first-order valence-electron chi connectivity index (χ1n) is 8.33. The summed E-state index contributed by atoms with van der Waals surface area (Å²) in [5.41, 5.74) is 2.45. The molecule has 5 nitrogen and oxygen atoms in total.